The third-order valence-corrected chi connectivity index (χ3v) is 5.16. The molecule has 102 valence electrons. The van der Waals surface area contributed by atoms with E-state index in [0.717, 1.165) is 12.8 Å². The average molecular weight is 328 g/mol. The van der Waals surface area contributed by atoms with Crippen LogP contribution in [0.15, 0.2) is 0 Å². The van der Waals surface area contributed by atoms with Crippen LogP contribution in [0, 0.1) is 5.92 Å². The summed E-state index contributed by atoms with van der Waals surface area (Å²) in [7, 11) is -1.53. The van der Waals surface area contributed by atoms with Crippen LogP contribution in [0.25, 0.3) is 0 Å². The number of hydrogen-bond donors (Lipinski definition) is 1. The van der Waals surface area contributed by atoms with Gasteiger partial charge in [0.05, 0.1) is 17.2 Å². The predicted octanol–water partition coefficient (Wildman–Crippen LogP) is 1.90. The zero-order valence-electron chi connectivity index (χ0n) is 10.3. The van der Waals surface area contributed by atoms with Gasteiger partial charge in [0.25, 0.3) is 0 Å². The summed E-state index contributed by atoms with van der Waals surface area (Å²) in [5.41, 5.74) is 0. The molecule has 0 aromatic carbocycles. The van der Waals surface area contributed by atoms with Crippen molar-refractivity contribution in [2.24, 2.45) is 5.92 Å². The van der Waals surface area contributed by atoms with Crippen LogP contribution < -0.4 is 4.72 Å². The van der Waals surface area contributed by atoms with Crippen LogP contribution in [-0.4, -0.2) is 39.3 Å². The maximum absolute atomic E-state index is 11.8. The van der Waals surface area contributed by atoms with Gasteiger partial charge in [-0.05, 0) is 18.8 Å². The quantitative estimate of drug-likeness (QED) is 0.726. The maximum atomic E-state index is 11.8. The van der Waals surface area contributed by atoms with Crippen molar-refractivity contribution in [3.8, 4) is 0 Å². The lowest BCUT2D eigenvalue weighted by Crippen LogP contribution is -2.35. The Morgan fingerprint density at radius 2 is 2.00 bits per heavy atom. The molecule has 1 rings (SSSR count). The van der Waals surface area contributed by atoms with Gasteiger partial charge in [0.15, 0.2) is 0 Å². The summed E-state index contributed by atoms with van der Waals surface area (Å²) >= 11 is 3.36. The topological polar surface area (TPSA) is 55.4 Å². The lowest BCUT2D eigenvalue weighted by Gasteiger charge is -2.21. The molecule has 1 N–H and O–H groups in total. The average Bonchev–Trinajstić information content (AvgIpc) is 2.28. The number of alkyl halides is 1. The number of sulfonamides is 1. The third-order valence-electron chi connectivity index (χ3n) is 3.05. The van der Waals surface area contributed by atoms with Crippen LogP contribution in [0.3, 0.4) is 0 Å². The van der Waals surface area contributed by atoms with E-state index in [9.17, 15) is 8.42 Å². The number of halogens is 1. The minimum Gasteiger partial charge on any atom is -0.383 e. The van der Waals surface area contributed by atoms with Crippen LogP contribution in [0.1, 0.15) is 32.1 Å². The van der Waals surface area contributed by atoms with E-state index in [1.54, 1.807) is 7.11 Å². The molecule has 1 unspecified atom stereocenters. The van der Waals surface area contributed by atoms with Crippen molar-refractivity contribution in [3.05, 3.63) is 0 Å². The summed E-state index contributed by atoms with van der Waals surface area (Å²) in [5.74, 6) is 0.622. The number of methoxy groups -OCH3 is 1. The largest absolute Gasteiger partial charge is 0.383 e. The monoisotopic (exact) mass is 327 g/mol. The van der Waals surface area contributed by atoms with E-state index in [4.69, 9.17) is 4.74 Å². The second-order valence-corrected chi connectivity index (χ2v) is 7.83. The van der Waals surface area contributed by atoms with Gasteiger partial charge in [-0.3, -0.25) is 0 Å². The number of nitrogens with one attached hydrogen (secondary N) is 1. The fraction of sp³-hybridized carbons (Fsp3) is 1.00. The fourth-order valence-electron chi connectivity index (χ4n) is 2.18. The molecule has 4 nitrogen and oxygen atoms in total. The maximum Gasteiger partial charge on any atom is 0.211 e. The first kappa shape index (κ1) is 15.4. The lowest BCUT2D eigenvalue weighted by atomic mass is 9.91. The van der Waals surface area contributed by atoms with Crippen LogP contribution in [0.5, 0.6) is 0 Å². The molecule has 1 fully saturated rings. The first-order chi connectivity index (χ1) is 8.03. The third kappa shape index (κ3) is 6.74. The van der Waals surface area contributed by atoms with E-state index < -0.39 is 10.0 Å². The van der Waals surface area contributed by atoms with Gasteiger partial charge in [-0.15, -0.1) is 0 Å². The highest BCUT2D eigenvalue weighted by Gasteiger charge is 2.21. The van der Waals surface area contributed by atoms with E-state index in [1.807, 2.05) is 0 Å². The van der Waals surface area contributed by atoms with Gasteiger partial charge < -0.3 is 4.74 Å². The lowest BCUT2D eigenvalue weighted by molar-refractivity contribution is 0.201. The molecule has 6 heteroatoms. The molecule has 0 bridgehead atoms. The summed E-state index contributed by atoms with van der Waals surface area (Å²) in [6.45, 7) is 0.898. The van der Waals surface area contributed by atoms with E-state index in [-0.39, 0.29) is 10.6 Å². The van der Waals surface area contributed by atoms with Gasteiger partial charge in [0.1, 0.15) is 0 Å². The van der Waals surface area contributed by atoms with Crippen molar-refractivity contribution in [2.45, 2.75) is 36.9 Å². The first-order valence-corrected chi connectivity index (χ1v) is 8.70. The molecule has 0 aromatic heterocycles. The molecule has 1 saturated carbocycles. The highest BCUT2D eigenvalue weighted by Crippen LogP contribution is 2.24. The molecular weight excluding hydrogens is 306 g/mol. The Bertz CT molecular complexity index is 302. The van der Waals surface area contributed by atoms with E-state index in [1.165, 1.54) is 19.3 Å². The Morgan fingerprint density at radius 1 is 1.35 bits per heavy atom. The van der Waals surface area contributed by atoms with Gasteiger partial charge in [0.2, 0.25) is 10.0 Å². The second-order valence-electron chi connectivity index (χ2n) is 4.69. The Hall–Kier alpha value is 0.350. The smallest absolute Gasteiger partial charge is 0.211 e. The molecule has 0 heterocycles. The molecule has 1 aliphatic rings. The molecule has 0 aliphatic heterocycles. The van der Waals surface area contributed by atoms with Crippen molar-refractivity contribution < 1.29 is 13.2 Å². The molecule has 0 aromatic rings. The van der Waals surface area contributed by atoms with E-state index >= 15 is 0 Å². The van der Waals surface area contributed by atoms with Crippen molar-refractivity contribution in [1.29, 1.82) is 0 Å². The second kappa shape index (κ2) is 7.71. The summed E-state index contributed by atoms with van der Waals surface area (Å²) in [6.07, 6.45) is 5.70. The highest BCUT2D eigenvalue weighted by atomic mass is 79.9. The number of rotatable bonds is 7. The number of hydrogen-bond acceptors (Lipinski definition) is 3. The van der Waals surface area contributed by atoms with Crippen LogP contribution >= 0.6 is 15.9 Å². The Balaban J connectivity index is 2.29. The van der Waals surface area contributed by atoms with Crippen molar-refractivity contribution in [1.82, 2.24) is 4.72 Å². The molecule has 1 atom stereocenters. The van der Waals surface area contributed by atoms with Crippen molar-refractivity contribution in [2.75, 3.05) is 26.0 Å². The molecular formula is C11H22BrNO3S. The Labute approximate surface area is 113 Å². The molecule has 0 radical (unpaired) electrons. The van der Waals surface area contributed by atoms with Gasteiger partial charge in [-0.2, -0.15) is 0 Å². The fourth-order valence-corrected chi connectivity index (χ4v) is 4.35. The summed E-state index contributed by atoms with van der Waals surface area (Å²) < 4.78 is 31.2. The van der Waals surface area contributed by atoms with Crippen LogP contribution in [0.2, 0.25) is 0 Å². The standard InChI is InChI=1S/C11H22BrNO3S/c1-16-8-11(12)7-13-17(14,15)9-10-5-3-2-4-6-10/h10-11,13H,2-9H2,1H3. The predicted molar refractivity (Wildman–Crippen MR) is 73.0 cm³/mol. The normalized spacial score (nSPS) is 20.4. The Morgan fingerprint density at radius 3 is 2.59 bits per heavy atom. The molecule has 1 aliphatic carbocycles. The van der Waals surface area contributed by atoms with Gasteiger partial charge in [-0.1, -0.05) is 35.2 Å². The summed E-state index contributed by atoms with van der Waals surface area (Å²) in [4.78, 5) is 0.0358. The molecule has 0 saturated heterocycles. The van der Waals surface area contributed by atoms with Crippen molar-refractivity contribution >= 4 is 26.0 Å². The van der Waals surface area contributed by atoms with Crippen molar-refractivity contribution in [3.63, 3.8) is 0 Å². The van der Waals surface area contributed by atoms with Crippen LogP contribution in [-0.2, 0) is 14.8 Å². The molecule has 17 heavy (non-hydrogen) atoms. The van der Waals surface area contributed by atoms with Gasteiger partial charge in [-0.25, -0.2) is 13.1 Å². The van der Waals surface area contributed by atoms with Gasteiger partial charge >= 0.3 is 0 Å². The minimum absolute atomic E-state index is 0.0358. The zero-order valence-corrected chi connectivity index (χ0v) is 12.7. The van der Waals surface area contributed by atoms with Gasteiger partial charge in [0, 0.05) is 13.7 Å². The van der Waals surface area contributed by atoms with E-state index in [0.29, 0.717) is 19.1 Å². The SMILES string of the molecule is COCC(Br)CNS(=O)(=O)CC1CCCCC1. The minimum atomic E-state index is -3.13. The molecule has 0 spiro atoms. The number of ether oxygens (including phenoxy) is 1. The van der Waals surface area contributed by atoms with E-state index in [2.05, 4.69) is 20.7 Å². The summed E-state index contributed by atoms with van der Waals surface area (Å²) in [6, 6.07) is 0. The zero-order chi connectivity index (χ0) is 12.7. The first-order valence-electron chi connectivity index (χ1n) is 6.14. The molecule has 0 amide bonds. The van der Waals surface area contributed by atoms with Crippen LogP contribution in [0.4, 0.5) is 0 Å². The Kier molecular flexibility index (Phi) is 6.99. The highest BCUT2D eigenvalue weighted by molar-refractivity contribution is 9.09. The summed E-state index contributed by atoms with van der Waals surface area (Å²) in [5, 5.41) is 0.